The van der Waals surface area contributed by atoms with Crippen molar-refractivity contribution in [1.82, 2.24) is 9.88 Å². The second-order valence-corrected chi connectivity index (χ2v) is 4.86. The topological polar surface area (TPSA) is 54.5 Å². The predicted molar refractivity (Wildman–Crippen MR) is 78.0 cm³/mol. The molecule has 98 valence electrons. The number of hydrogen-bond acceptors (Lipinski definition) is 4. The monoisotopic (exact) mass is 254 g/mol. The number of aliphatic imine (C=N–C) groups is 1. The lowest BCUT2D eigenvalue weighted by Gasteiger charge is -2.26. The third kappa shape index (κ3) is 2.14. The molecule has 4 heteroatoms. The maximum atomic E-state index is 5.97. The van der Waals surface area contributed by atoms with Crippen LogP contribution in [0.3, 0.4) is 0 Å². The van der Waals surface area contributed by atoms with Gasteiger partial charge in [0.1, 0.15) is 0 Å². The van der Waals surface area contributed by atoms with E-state index in [4.69, 9.17) is 5.73 Å². The minimum atomic E-state index is 0.268. The van der Waals surface area contributed by atoms with E-state index >= 15 is 0 Å². The fourth-order valence-corrected chi connectivity index (χ4v) is 2.63. The average Bonchev–Trinajstić information content (AvgIpc) is 2.80. The lowest BCUT2D eigenvalue weighted by molar-refractivity contribution is 0.347. The maximum Gasteiger partial charge on any atom is 0.191 e. The summed E-state index contributed by atoms with van der Waals surface area (Å²) in [4.78, 5) is 10.9. The van der Waals surface area contributed by atoms with Crippen LogP contribution >= 0.6 is 0 Å². The van der Waals surface area contributed by atoms with Gasteiger partial charge >= 0.3 is 0 Å². The van der Waals surface area contributed by atoms with Gasteiger partial charge in [0, 0.05) is 18.1 Å². The number of pyridine rings is 1. The first-order chi connectivity index (χ1) is 9.29. The van der Waals surface area contributed by atoms with Crippen molar-refractivity contribution >= 4 is 16.9 Å². The molecule has 4 nitrogen and oxygen atoms in total. The Bertz CT molecular complexity index is 620. The fraction of sp³-hybridized carbons (Fsp3) is 0.333. The Morgan fingerprint density at radius 3 is 3.11 bits per heavy atom. The Morgan fingerprint density at radius 1 is 1.37 bits per heavy atom. The van der Waals surface area contributed by atoms with Gasteiger partial charge in [-0.25, -0.2) is 0 Å². The van der Waals surface area contributed by atoms with Crippen molar-refractivity contribution in [3.63, 3.8) is 0 Å². The zero-order valence-electron chi connectivity index (χ0n) is 11.1. The molecule has 1 aliphatic rings. The number of nitrogens with two attached hydrogens (primary N) is 1. The molecule has 2 N–H and O–H groups in total. The lowest BCUT2D eigenvalue weighted by atomic mass is 10.0. The molecule has 1 unspecified atom stereocenters. The molecule has 1 aliphatic heterocycles. The van der Waals surface area contributed by atoms with Gasteiger partial charge in [-0.15, -0.1) is 0 Å². The van der Waals surface area contributed by atoms with Gasteiger partial charge in [0.05, 0.1) is 18.1 Å². The summed E-state index contributed by atoms with van der Waals surface area (Å²) in [7, 11) is 0. The van der Waals surface area contributed by atoms with E-state index in [-0.39, 0.29) is 6.04 Å². The van der Waals surface area contributed by atoms with E-state index in [9.17, 15) is 0 Å². The lowest BCUT2D eigenvalue weighted by Crippen LogP contribution is -2.36. The van der Waals surface area contributed by atoms with Crippen LogP contribution in [0.4, 0.5) is 0 Å². The largest absolute Gasteiger partial charge is 0.370 e. The summed E-state index contributed by atoms with van der Waals surface area (Å²) in [6.45, 7) is 3.86. The highest BCUT2D eigenvalue weighted by atomic mass is 15.3. The molecule has 0 radical (unpaired) electrons. The normalized spacial score (nSPS) is 18.9. The first kappa shape index (κ1) is 12.0. The molecule has 0 aliphatic carbocycles. The standard InChI is InChI=1S/C15H18N4/c1-2-8-19-14(10-18-15(19)16)12-5-6-13-11(9-12)4-3-7-17-13/h3-7,9,14H,2,8,10H2,1H3,(H2,16,18). The zero-order valence-corrected chi connectivity index (χ0v) is 11.1. The molecule has 2 aromatic rings. The molecule has 0 amide bonds. The smallest absolute Gasteiger partial charge is 0.191 e. The van der Waals surface area contributed by atoms with Crippen molar-refractivity contribution in [3.8, 4) is 0 Å². The molecule has 19 heavy (non-hydrogen) atoms. The molecular formula is C15H18N4. The number of guanidine groups is 1. The highest BCUT2D eigenvalue weighted by molar-refractivity contribution is 5.82. The van der Waals surface area contributed by atoms with Crippen LogP contribution in [0.25, 0.3) is 10.9 Å². The molecule has 3 rings (SSSR count). The molecule has 1 aromatic carbocycles. The maximum absolute atomic E-state index is 5.97. The third-order valence-electron chi connectivity index (χ3n) is 3.57. The van der Waals surface area contributed by atoms with Crippen LogP contribution in [0, 0.1) is 0 Å². The molecule has 0 fully saturated rings. The van der Waals surface area contributed by atoms with Crippen molar-refractivity contribution < 1.29 is 0 Å². The van der Waals surface area contributed by atoms with Crippen LogP contribution < -0.4 is 5.73 Å². The van der Waals surface area contributed by atoms with Gasteiger partial charge in [-0.2, -0.15) is 0 Å². The van der Waals surface area contributed by atoms with Gasteiger partial charge < -0.3 is 10.6 Å². The van der Waals surface area contributed by atoms with Gasteiger partial charge in [-0.1, -0.05) is 19.1 Å². The van der Waals surface area contributed by atoms with E-state index in [0.29, 0.717) is 5.96 Å². The van der Waals surface area contributed by atoms with Crippen LogP contribution in [0.5, 0.6) is 0 Å². The summed E-state index contributed by atoms with van der Waals surface area (Å²) in [5, 5.41) is 1.17. The first-order valence-corrected chi connectivity index (χ1v) is 6.71. The molecule has 0 bridgehead atoms. The van der Waals surface area contributed by atoms with Crippen molar-refractivity contribution in [3.05, 3.63) is 42.1 Å². The highest BCUT2D eigenvalue weighted by Gasteiger charge is 2.26. The summed E-state index contributed by atoms with van der Waals surface area (Å²) in [6, 6.07) is 10.7. The van der Waals surface area contributed by atoms with Crippen LogP contribution in [-0.4, -0.2) is 28.9 Å². The van der Waals surface area contributed by atoms with Crippen LogP contribution in [-0.2, 0) is 0 Å². The number of benzene rings is 1. The van der Waals surface area contributed by atoms with Gasteiger partial charge in [0.2, 0.25) is 0 Å². The molecule has 2 heterocycles. The van der Waals surface area contributed by atoms with E-state index in [1.807, 2.05) is 12.3 Å². The van der Waals surface area contributed by atoms with Crippen molar-refractivity contribution in [2.75, 3.05) is 13.1 Å². The predicted octanol–water partition coefficient (Wildman–Crippen LogP) is 2.32. The van der Waals surface area contributed by atoms with Crippen LogP contribution in [0.15, 0.2) is 41.5 Å². The summed E-state index contributed by atoms with van der Waals surface area (Å²) < 4.78 is 0. The first-order valence-electron chi connectivity index (χ1n) is 6.71. The Morgan fingerprint density at radius 2 is 2.26 bits per heavy atom. The minimum Gasteiger partial charge on any atom is -0.370 e. The van der Waals surface area contributed by atoms with Gasteiger partial charge in [-0.3, -0.25) is 9.98 Å². The number of nitrogens with zero attached hydrogens (tertiary/aromatic N) is 3. The summed E-state index contributed by atoms with van der Waals surface area (Å²) in [5.74, 6) is 0.665. The molecule has 1 atom stereocenters. The summed E-state index contributed by atoms with van der Waals surface area (Å²) in [6.07, 6.45) is 2.89. The summed E-state index contributed by atoms with van der Waals surface area (Å²) in [5.41, 5.74) is 8.26. The van der Waals surface area contributed by atoms with Crippen molar-refractivity contribution in [2.24, 2.45) is 10.7 Å². The quantitative estimate of drug-likeness (QED) is 0.914. The Hall–Kier alpha value is -2.10. The number of hydrogen-bond donors (Lipinski definition) is 1. The Labute approximate surface area is 113 Å². The van der Waals surface area contributed by atoms with Crippen LogP contribution in [0.2, 0.25) is 0 Å². The van der Waals surface area contributed by atoms with Crippen molar-refractivity contribution in [2.45, 2.75) is 19.4 Å². The van der Waals surface area contributed by atoms with Crippen molar-refractivity contribution in [1.29, 1.82) is 0 Å². The van der Waals surface area contributed by atoms with Crippen LogP contribution in [0.1, 0.15) is 24.9 Å². The fourth-order valence-electron chi connectivity index (χ4n) is 2.63. The molecule has 0 saturated heterocycles. The second-order valence-electron chi connectivity index (χ2n) is 4.86. The number of aromatic nitrogens is 1. The van der Waals surface area contributed by atoms with E-state index in [1.165, 1.54) is 10.9 Å². The summed E-state index contributed by atoms with van der Waals surface area (Å²) >= 11 is 0. The molecule has 0 saturated carbocycles. The molecular weight excluding hydrogens is 236 g/mol. The molecule has 1 aromatic heterocycles. The Kier molecular flexibility index (Phi) is 3.07. The zero-order chi connectivity index (χ0) is 13.2. The SMILES string of the molecule is CCCN1C(N)=NCC1c1ccc2ncccc2c1. The van der Waals surface area contributed by atoms with Gasteiger partial charge in [0.25, 0.3) is 0 Å². The Balaban J connectivity index is 1.95. The molecule has 0 spiro atoms. The second kappa shape index (κ2) is 4.88. The minimum absolute atomic E-state index is 0.268. The number of rotatable bonds is 3. The van der Waals surface area contributed by atoms with E-state index in [2.05, 4.69) is 46.1 Å². The third-order valence-corrected chi connectivity index (χ3v) is 3.57. The van der Waals surface area contributed by atoms with E-state index in [1.54, 1.807) is 0 Å². The highest BCUT2D eigenvalue weighted by Crippen LogP contribution is 2.27. The van der Waals surface area contributed by atoms with E-state index in [0.717, 1.165) is 25.0 Å². The average molecular weight is 254 g/mol. The number of fused-ring (bicyclic) bond motifs is 1. The van der Waals surface area contributed by atoms with E-state index < -0.39 is 0 Å². The van der Waals surface area contributed by atoms with Gasteiger partial charge in [-0.05, 0) is 30.2 Å². The van der Waals surface area contributed by atoms with Gasteiger partial charge in [0.15, 0.2) is 5.96 Å².